The number of thioether (sulfide) groups is 1. The van der Waals surface area contributed by atoms with Gasteiger partial charge in [-0.15, -0.1) is 11.8 Å². The Bertz CT molecular complexity index is 938. The summed E-state index contributed by atoms with van der Waals surface area (Å²) in [6.45, 7) is 8.10. The molecule has 5 nitrogen and oxygen atoms in total. The number of carbonyl (C=O) groups excluding carboxylic acids is 2. The Morgan fingerprint density at radius 2 is 1.53 bits per heavy atom. The van der Waals surface area contributed by atoms with Crippen LogP contribution in [0.25, 0.3) is 0 Å². The van der Waals surface area contributed by atoms with Crippen LogP contribution >= 0.6 is 11.8 Å². The second-order valence-corrected chi connectivity index (χ2v) is 9.09. The van der Waals surface area contributed by atoms with Crippen LogP contribution in [0.1, 0.15) is 24.0 Å². The predicted molar refractivity (Wildman–Crippen MR) is 123 cm³/mol. The Morgan fingerprint density at radius 1 is 0.833 bits per heavy atom. The van der Waals surface area contributed by atoms with Crippen molar-refractivity contribution in [3.63, 3.8) is 0 Å². The lowest BCUT2D eigenvalue weighted by Gasteiger charge is -2.37. The number of rotatable bonds is 4. The van der Waals surface area contributed by atoms with Gasteiger partial charge in [0.1, 0.15) is 0 Å². The van der Waals surface area contributed by atoms with Gasteiger partial charge in [-0.2, -0.15) is 0 Å². The summed E-state index contributed by atoms with van der Waals surface area (Å²) >= 11 is 1.78. The van der Waals surface area contributed by atoms with E-state index < -0.39 is 0 Å². The molecule has 2 aliphatic heterocycles. The molecule has 0 bridgehead atoms. The highest BCUT2D eigenvalue weighted by Crippen LogP contribution is 2.34. The van der Waals surface area contributed by atoms with Crippen LogP contribution in [-0.4, -0.2) is 55.2 Å². The third kappa shape index (κ3) is 4.33. The lowest BCUT2D eigenvalue weighted by Crippen LogP contribution is -2.49. The third-order valence-electron chi connectivity index (χ3n) is 6.13. The van der Waals surface area contributed by atoms with Crippen LogP contribution < -0.4 is 9.80 Å². The standard InChI is InChI=1S/C24H29N3O2S/c1-18-6-5-8-20(19(18)2)25-12-14-26(15-13-25)23(28)10-11-24(29)27-16-17-30-22-9-4-3-7-21(22)27/h3-9H,10-17H2,1-2H3. The molecule has 0 aromatic heterocycles. The Hall–Kier alpha value is -2.47. The highest BCUT2D eigenvalue weighted by atomic mass is 32.2. The molecule has 158 valence electrons. The highest BCUT2D eigenvalue weighted by Gasteiger charge is 2.26. The fourth-order valence-electron chi connectivity index (χ4n) is 4.21. The molecular formula is C24H29N3O2S. The number of benzene rings is 2. The second kappa shape index (κ2) is 9.13. The minimum atomic E-state index is 0.0464. The first-order valence-corrected chi connectivity index (χ1v) is 11.6. The number of piperazine rings is 1. The summed E-state index contributed by atoms with van der Waals surface area (Å²) in [6, 6.07) is 14.4. The molecule has 0 unspecified atom stereocenters. The summed E-state index contributed by atoms with van der Waals surface area (Å²) in [4.78, 5) is 32.8. The molecular weight excluding hydrogens is 394 g/mol. The number of carbonyl (C=O) groups is 2. The van der Waals surface area contributed by atoms with Crippen LogP contribution in [0.15, 0.2) is 47.4 Å². The number of nitrogens with zero attached hydrogens (tertiary/aromatic N) is 3. The smallest absolute Gasteiger partial charge is 0.227 e. The molecule has 2 aromatic rings. The van der Waals surface area contributed by atoms with Gasteiger partial charge in [0.05, 0.1) is 5.69 Å². The van der Waals surface area contributed by atoms with Crippen LogP contribution in [0.5, 0.6) is 0 Å². The summed E-state index contributed by atoms with van der Waals surface area (Å²) in [5.74, 6) is 1.03. The van der Waals surface area contributed by atoms with E-state index >= 15 is 0 Å². The van der Waals surface area contributed by atoms with Crippen molar-refractivity contribution in [3.8, 4) is 0 Å². The van der Waals surface area contributed by atoms with Crippen molar-refractivity contribution < 1.29 is 9.59 Å². The number of aryl methyl sites for hydroxylation is 1. The van der Waals surface area contributed by atoms with E-state index in [1.807, 2.05) is 28.0 Å². The van der Waals surface area contributed by atoms with Crippen molar-refractivity contribution in [1.29, 1.82) is 0 Å². The van der Waals surface area contributed by atoms with E-state index in [2.05, 4.69) is 43.0 Å². The van der Waals surface area contributed by atoms with Crippen LogP contribution in [-0.2, 0) is 9.59 Å². The lowest BCUT2D eigenvalue weighted by atomic mass is 10.1. The van der Waals surface area contributed by atoms with Gasteiger partial charge in [0.25, 0.3) is 0 Å². The van der Waals surface area contributed by atoms with Crippen molar-refractivity contribution >= 4 is 35.0 Å². The fourth-order valence-corrected chi connectivity index (χ4v) is 5.21. The minimum Gasteiger partial charge on any atom is -0.368 e. The van der Waals surface area contributed by atoms with E-state index in [9.17, 15) is 9.59 Å². The van der Waals surface area contributed by atoms with Crippen molar-refractivity contribution in [1.82, 2.24) is 4.90 Å². The van der Waals surface area contributed by atoms with Crippen molar-refractivity contribution in [3.05, 3.63) is 53.6 Å². The fraction of sp³-hybridized carbons (Fsp3) is 0.417. The molecule has 2 amide bonds. The molecule has 30 heavy (non-hydrogen) atoms. The molecule has 0 N–H and O–H groups in total. The molecule has 6 heteroatoms. The van der Waals surface area contributed by atoms with Crippen molar-refractivity contribution in [2.75, 3.05) is 48.3 Å². The van der Waals surface area contributed by atoms with Gasteiger partial charge in [-0.25, -0.2) is 0 Å². The van der Waals surface area contributed by atoms with Gasteiger partial charge in [-0.1, -0.05) is 24.3 Å². The Morgan fingerprint density at radius 3 is 2.33 bits per heavy atom. The molecule has 2 aromatic carbocycles. The van der Waals surface area contributed by atoms with E-state index in [0.717, 1.165) is 29.4 Å². The predicted octanol–water partition coefficient (Wildman–Crippen LogP) is 3.87. The summed E-state index contributed by atoms with van der Waals surface area (Å²) < 4.78 is 0. The van der Waals surface area contributed by atoms with Crippen LogP contribution in [0.2, 0.25) is 0 Å². The SMILES string of the molecule is Cc1cccc(N2CCN(C(=O)CCC(=O)N3CCSc4ccccc43)CC2)c1C. The molecule has 2 heterocycles. The van der Waals surface area contributed by atoms with Gasteiger partial charge >= 0.3 is 0 Å². The van der Waals surface area contributed by atoms with Gasteiger partial charge in [0.15, 0.2) is 0 Å². The number of anilines is 2. The maximum atomic E-state index is 12.8. The quantitative estimate of drug-likeness (QED) is 0.749. The third-order valence-corrected chi connectivity index (χ3v) is 7.17. The van der Waals surface area contributed by atoms with Gasteiger partial charge < -0.3 is 14.7 Å². The summed E-state index contributed by atoms with van der Waals surface area (Å²) in [5.41, 5.74) is 4.84. The molecule has 1 fully saturated rings. The molecule has 0 atom stereocenters. The van der Waals surface area contributed by atoms with Crippen LogP contribution in [0.3, 0.4) is 0 Å². The molecule has 2 aliphatic rings. The number of amides is 2. The van der Waals surface area contributed by atoms with Crippen LogP contribution in [0, 0.1) is 13.8 Å². The average Bonchev–Trinajstić information content (AvgIpc) is 2.79. The number of fused-ring (bicyclic) bond motifs is 1. The normalized spacial score (nSPS) is 16.4. The second-order valence-electron chi connectivity index (χ2n) is 7.95. The Kier molecular flexibility index (Phi) is 6.32. The van der Waals surface area contributed by atoms with Crippen molar-refractivity contribution in [2.45, 2.75) is 31.6 Å². The minimum absolute atomic E-state index is 0.0464. The monoisotopic (exact) mass is 423 g/mol. The van der Waals surface area contributed by atoms with E-state index in [1.165, 1.54) is 16.8 Å². The van der Waals surface area contributed by atoms with E-state index in [1.54, 1.807) is 11.8 Å². The summed E-state index contributed by atoms with van der Waals surface area (Å²) in [7, 11) is 0. The maximum Gasteiger partial charge on any atom is 0.227 e. The highest BCUT2D eigenvalue weighted by molar-refractivity contribution is 7.99. The number of hydrogen-bond acceptors (Lipinski definition) is 4. The maximum absolute atomic E-state index is 12.8. The number of hydrogen-bond donors (Lipinski definition) is 0. The molecule has 4 rings (SSSR count). The van der Waals surface area contributed by atoms with Crippen molar-refractivity contribution in [2.24, 2.45) is 0 Å². The van der Waals surface area contributed by atoms with Gasteiger partial charge in [0, 0.05) is 61.9 Å². The largest absolute Gasteiger partial charge is 0.368 e. The zero-order valence-corrected chi connectivity index (χ0v) is 18.6. The Labute approximate surface area is 183 Å². The molecule has 0 spiro atoms. The van der Waals surface area contributed by atoms with Gasteiger partial charge in [-0.3, -0.25) is 9.59 Å². The summed E-state index contributed by atoms with van der Waals surface area (Å²) in [5, 5.41) is 0. The zero-order valence-electron chi connectivity index (χ0n) is 17.8. The first-order valence-electron chi connectivity index (χ1n) is 10.7. The average molecular weight is 424 g/mol. The molecule has 0 saturated carbocycles. The van der Waals surface area contributed by atoms with Gasteiger partial charge in [-0.05, 0) is 43.2 Å². The van der Waals surface area contributed by atoms with E-state index in [4.69, 9.17) is 0 Å². The van der Waals surface area contributed by atoms with E-state index in [-0.39, 0.29) is 24.7 Å². The first kappa shape index (κ1) is 20.8. The summed E-state index contributed by atoms with van der Waals surface area (Å²) in [6.07, 6.45) is 0.559. The van der Waals surface area contributed by atoms with Gasteiger partial charge in [0.2, 0.25) is 11.8 Å². The molecule has 0 aliphatic carbocycles. The number of para-hydroxylation sites is 1. The van der Waals surface area contributed by atoms with Crippen LogP contribution in [0.4, 0.5) is 11.4 Å². The zero-order chi connectivity index (χ0) is 21.1. The first-order chi connectivity index (χ1) is 14.5. The van der Waals surface area contributed by atoms with E-state index in [0.29, 0.717) is 19.6 Å². The molecule has 1 saturated heterocycles. The molecule has 0 radical (unpaired) electrons. The Balaban J connectivity index is 1.30. The lowest BCUT2D eigenvalue weighted by molar-refractivity contribution is -0.133. The topological polar surface area (TPSA) is 43.9 Å².